The Hall–Kier alpha value is -2.64. The molecule has 1 aromatic carbocycles. The Morgan fingerprint density at radius 2 is 1.90 bits per heavy atom. The fourth-order valence-electron chi connectivity index (χ4n) is 1.75. The lowest BCUT2D eigenvalue weighted by Gasteiger charge is -2.10. The lowest BCUT2D eigenvalue weighted by molar-refractivity contribution is -0.274. The van der Waals surface area contributed by atoms with Gasteiger partial charge in [-0.2, -0.15) is 0 Å². The Morgan fingerprint density at radius 3 is 2.38 bits per heavy atom. The molecule has 0 aliphatic heterocycles. The summed E-state index contributed by atoms with van der Waals surface area (Å²) in [6.07, 6.45) is -3.17. The minimum absolute atomic E-state index is 0.336. The van der Waals surface area contributed by atoms with Crippen LogP contribution in [-0.4, -0.2) is 16.8 Å². The van der Waals surface area contributed by atoms with Gasteiger partial charge in [0.25, 0.3) is 5.91 Å². The average Bonchev–Trinajstić information content (AvgIpc) is 2.69. The van der Waals surface area contributed by atoms with Crippen molar-refractivity contribution in [2.24, 2.45) is 7.05 Å². The Morgan fingerprint density at radius 1 is 1.29 bits per heavy atom. The van der Waals surface area contributed by atoms with E-state index in [1.807, 2.05) is 0 Å². The van der Waals surface area contributed by atoms with Crippen LogP contribution in [0.4, 0.5) is 24.5 Å². The van der Waals surface area contributed by atoms with E-state index in [1.165, 1.54) is 18.2 Å². The van der Waals surface area contributed by atoms with Gasteiger partial charge in [-0.25, -0.2) is 0 Å². The largest absolute Gasteiger partial charge is 0.573 e. The highest BCUT2D eigenvalue weighted by Gasteiger charge is 2.30. The summed E-state index contributed by atoms with van der Waals surface area (Å²) >= 11 is 0. The molecule has 2 aromatic rings. The van der Waals surface area contributed by atoms with Crippen LogP contribution in [0.3, 0.4) is 0 Å². The van der Waals surface area contributed by atoms with Crippen LogP contribution in [0.15, 0.2) is 36.5 Å². The number of amides is 1. The summed E-state index contributed by atoms with van der Waals surface area (Å²) in [4.78, 5) is 12.0. The fourth-order valence-corrected chi connectivity index (χ4v) is 1.75. The molecule has 0 radical (unpaired) electrons. The molecule has 0 unspecified atom stereocenters. The van der Waals surface area contributed by atoms with Crippen LogP contribution in [0.5, 0.6) is 5.75 Å². The highest BCUT2D eigenvalue weighted by molar-refractivity contribution is 6.03. The zero-order valence-electron chi connectivity index (χ0n) is 10.9. The molecule has 3 N–H and O–H groups in total. The van der Waals surface area contributed by atoms with Crippen molar-refractivity contribution in [1.29, 1.82) is 0 Å². The standard InChI is InChI=1S/C13H12F3N3O2/c1-19-7-8(17)6-11(19)12(20)18-9-2-4-10(5-3-9)21-13(14,15)16/h2-7H,17H2,1H3,(H,18,20). The number of nitrogen functional groups attached to an aromatic ring is 1. The molecule has 8 heteroatoms. The summed E-state index contributed by atoms with van der Waals surface area (Å²) in [5, 5.41) is 2.55. The molecule has 5 nitrogen and oxygen atoms in total. The fraction of sp³-hybridized carbons (Fsp3) is 0.154. The van der Waals surface area contributed by atoms with Gasteiger partial charge in [-0.3, -0.25) is 4.79 Å². The molecule has 0 spiro atoms. The molecule has 0 aliphatic rings. The Bertz CT molecular complexity index is 648. The molecule has 0 bridgehead atoms. The predicted molar refractivity (Wildman–Crippen MR) is 70.9 cm³/mol. The first-order valence-electron chi connectivity index (χ1n) is 5.83. The highest BCUT2D eigenvalue weighted by atomic mass is 19.4. The first-order chi connectivity index (χ1) is 9.74. The van der Waals surface area contributed by atoms with E-state index in [2.05, 4.69) is 10.1 Å². The molecular formula is C13H12F3N3O2. The van der Waals surface area contributed by atoms with Gasteiger partial charge in [0.05, 0.1) is 5.69 Å². The molecule has 0 atom stereocenters. The van der Waals surface area contributed by atoms with Crippen molar-refractivity contribution in [2.75, 3.05) is 11.1 Å². The van der Waals surface area contributed by atoms with Crippen molar-refractivity contribution in [1.82, 2.24) is 4.57 Å². The number of rotatable bonds is 3. The zero-order valence-corrected chi connectivity index (χ0v) is 10.9. The van der Waals surface area contributed by atoms with Crippen LogP contribution in [0, 0.1) is 0 Å². The maximum atomic E-state index is 12.0. The first-order valence-corrected chi connectivity index (χ1v) is 5.83. The van der Waals surface area contributed by atoms with Crippen LogP contribution in [0.25, 0.3) is 0 Å². The molecule has 1 heterocycles. The van der Waals surface area contributed by atoms with Gasteiger partial charge >= 0.3 is 6.36 Å². The average molecular weight is 299 g/mol. The molecule has 0 saturated heterocycles. The molecular weight excluding hydrogens is 287 g/mol. The van der Waals surface area contributed by atoms with E-state index in [9.17, 15) is 18.0 Å². The number of nitrogens with two attached hydrogens (primary N) is 1. The molecule has 0 aliphatic carbocycles. The zero-order chi connectivity index (χ0) is 15.6. The van der Waals surface area contributed by atoms with Crippen molar-refractivity contribution in [3.05, 3.63) is 42.2 Å². The number of anilines is 2. The number of nitrogens with zero attached hydrogens (tertiary/aromatic N) is 1. The van der Waals surface area contributed by atoms with Crippen LogP contribution < -0.4 is 15.8 Å². The molecule has 0 saturated carbocycles. The summed E-state index contributed by atoms with van der Waals surface area (Å²) in [6.45, 7) is 0. The SMILES string of the molecule is Cn1cc(N)cc1C(=O)Nc1ccc(OC(F)(F)F)cc1. The van der Waals surface area contributed by atoms with Gasteiger partial charge in [0.1, 0.15) is 11.4 Å². The van der Waals surface area contributed by atoms with Crippen molar-refractivity contribution >= 4 is 17.3 Å². The predicted octanol–water partition coefficient (Wildman–Crippen LogP) is 2.76. The number of nitrogens with one attached hydrogen (secondary N) is 1. The van der Waals surface area contributed by atoms with E-state index in [0.717, 1.165) is 12.1 Å². The molecule has 1 amide bonds. The third-order valence-electron chi connectivity index (χ3n) is 2.60. The van der Waals surface area contributed by atoms with Gasteiger partial charge < -0.3 is 20.4 Å². The Kier molecular flexibility index (Phi) is 3.79. The van der Waals surface area contributed by atoms with E-state index in [0.29, 0.717) is 17.1 Å². The number of aromatic nitrogens is 1. The lowest BCUT2D eigenvalue weighted by Crippen LogP contribution is -2.17. The number of ether oxygens (including phenoxy) is 1. The third-order valence-corrected chi connectivity index (χ3v) is 2.60. The topological polar surface area (TPSA) is 69.3 Å². The van der Waals surface area contributed by atoms with E-state index >= 15 is 0 Å². The number of benzene rings is 1. The normalized spacial score (nSPS) is 11.2. The minimum atomic E-state index is -4.74. The molecule has 2 rings (SSSR count). The number of halogens is 3. The highest BCUT2D eigenvalue weighted by Crippen LogP contribution is 2.24. The van der Waals surface area contributed by atoms with Gasteiger partial charge in [0.2, 0.25) is 0 Å². The van der Waals surface area contributed by atoms with E-state index in [-0.39, 0.29) is 5.75 Å². The van der Waals surface area contributed by atoms with Gasteiger partial charge in [0.15, 0.2) is 0 Å². The van der Waals surface area contributed by atoms with E-state index < -0.39 is 12.3 Å². The van der Waals surface area contributed by atoms with Gasteiger partial charge in [-0.1, -0.05) is 0 Å². The van der Waals surface area contributed by atoms with Crippen molar-refractivity contribution in [3.63, 3.8) is 0 Å². The maximum Gasteiger partial charge on any atom is 0.573 e. The second kappa shape index (κ2) is 5.39. The van der Waals surface area contributed by atoms with Crippen molar-refractivity contribution in [3.8, 4) is 5.75 Å². The van der Waals surface area contributed by atoms with Crippen LogP contribution in [-0.2, 0) is 7.05 Å². The van der Waals surface area contributed by atoms with E-state index in [4.69, 9.17) is 5.73 Å². The van der Waals surface area contributed by atoms with Crippen LogP contribution in [0.1, 0.15) is 10.5 Å². The number of hydrogen-bond donors (Lipinski definition) is 2. The Labute approximate surface area is 118 Å². The summed E-state index contributed by atoms with van der Waals surface area (Å²) in [7, 11) is 1.66. The van der Waals surface area contributed by atoms with Crippen molar-refractivity contribution < 1.29 is 22.7 Å². The maximum absolute atomic E-state index is 12.0. The summed E-state index contributed by atoms with van der Waals surface area (Å²) in [6, 6.07) is 6.35. The molecule has 112 valence electrons. The third kappa shape index (κ3) is 3.91. The van der Waals surface area contributed by atoms with Crippen molar-refractivity contribution in [2.45, 2.75) is 6.36 Å². The summed E-state index contributed by atoms with van der Waals surface area (Å²) in [5.41, 5.74) is 6.68. The number of alkyl halides is 3. The number of carbonyl (C=O) groups excluding carboxylic acids is 1. The van der Waals surface area contributed by atoms with Crippen LogP contribution in [0.2, 0.25) is 0 Å². The Balaban J connectivity index is 2.07. The van der Waals surface area contributed by atoms with Gasteiger partial charge in [-0.05, 0) is 30.3 Å². The van der Waals surface area contributed by atoms with Gasteiger partial charge in [-0.15, -0.1) is 13.2 Å². The summed E-state index contributed by atoms with van der Waals surface area (Å²) in [5.74, 6) is -0.776. The quantitative estimate of drug-likeness (QED) is 0.915. The smallest absolute Gasteiger partial charge is 0.406 e. The lowest BCUT2D eigenvalue weighted by atomic mass is 10.3. The van der Waals surface area contributed by atoms with Gasteiger partial charge in [0, 0.05) is 18.9 Å². The van der Waals surface area contributed by atoms with E-state index in [1.54, 1.807) is 17.8 Å². The second-order valence-electron chi connectivity index (χ2n) is 4.30. The summed E-state index contributed by atoms with van der Waals surface area (Å²) < 4.78 is 41.3. The molecule has 0 fully saturated rings. The number of aryl methyl sites for hydroxylation is 1. The number of carbonyl (C=O) groups is 1. The monoisotopic (exact) mass is 299 g/mol. The van der Waals surface area contributed by atoms with Crippen LogP contribution >= 0.6 is 0 Å². The minimum Gasteiger partial charge on any atom is -0.406 e. The molecule has 1 aromatic heterocycles. The number of hydrogen-bond acceptors (Lipinski definition) is 3. The molecule has 21 heavy (non-hydrogen) atoms. The first kappa shape index (κ1) is 14.8. The second-order valence-corrected chi connectivity index (χ2v) is 4.30.